The second kappa shape index (κ2) is 5.20. The third-order valence-corrected chi connectivity index (χ3v) is 2.43. The van der Waals surface area contributed by atoms with Crippen LogP contribution in [0.15, 0.2) is 0 Å². The van der Waals surface area contributed by atoms with Crippen LogP contribution in [0.4, 0.5) is 0 Å². The Morgan fingerprint density at radius 3 is 2.27 bits per heavy atom. The first kappa shape index (κ1) is 12.8. The van der Waals surface area contributed by atoms with Gasteiger partial charge in [0, 0.05) is 6.04 Å². The maximum absolute atomic E-state index is 9.69. The second-order valence-electron chi connectivity index (χ2n) is 4.08. The van der Waals surface area contributed by atoms with E-state index in [9.17, 15) is 15.3 Å². The molecule has 0 spiro atoms. The summed E-state index contributed by atoms with van der Waals surface area (Å²) in [5, 5.41) is 40.5. The van der Waals surface area contributed by atoms with E-state index in [1.54, 1.807) is 0 Å². The van der Waals surface area contributed by atoms with Crippen LogP contribution in [-0.4, -0.2) is 63.7 Å². The minimum Gasteiger partial charge on any atom is -0.394 e. The maximum Gasteiger partial charge on any atom is 0.173 e. The van der Waals surface area contributed by atoms with Crippen molar-refractivity contribution in [1.82, 2.24) is 5.32 Å². The Labute approximate surface area is 88.5 Å². The summed E-state index contributed by atoms with van der Waals surface area (Å²) in [5.41, 5.74) is 0. The van der Waals surface area contributed by atoms with Gasteiger partial charge in [0.05, 0.1) is 12.6 Å². The molecule has 90 valence electrons. The Balaban J connectivity index is 2.66. The molecule has 5 N–H and O–H groups in total. The van der Waals surface area contributed by atoms with E-state index in [0.717, 1.165) is 0 Å². The molecule has 5 atom stereocenters. The Hall–Kier alpha value is -0.240. The highest BCUT2D eigenvalue weighted by molar-refractivity contribution is 4.93. The Morgan fingerprint density at radius 1 is 1.20 bits per heavy atom. The van der Waals surface area contributed by atoms with Gasteiger partial charge >= 0.3 is 0 Å². The van der Waals surface area contributed by atoms with E-state index in [-0.39, 0.29) is 6.04 Å². The maximum atomic E-state index is 9.69. The van der Waals surface area contributed by atoms with E-state index >= 15 is 0 Å². The molecule has 1 aliphatic rings. The van der Waals surface area contributed by atoms with Crippen molar-refractivity contribution in [3.05, 3.63) is 0 Å². The molecule has 15 heavy (non-hydrogen) atoms. The van der Waals surface area contributed by atoms with Gasteiger partial charge in [-0.25, -0.2) is 0 Å². The predicted molar refractivity (Wildman–Crippen MR) is 52.0 cm³/mol. The highest BCUT2D eigenvalue weighted by Crippen LogP contribution is 2.19. The highest BCUT2D eigenvalue weighted by atomic mass is 16.6. The fourth-order valence-electron chi connectivity index (χ4n) is 1.66. The van der Waals surface area contributed by atoms with Crippen molar-refractivity contribution in [2.24, 2.45) is 0 Å². The average molecular weight is 221 g/mol. The summed E-state index contributed by atoms with van der Waals surface area (Å²) in [4.78, 5) is 0. The summed E-state index contributed by atoms with van der Waals surface area (Å²) < 4.78 is 4.96. The van der Waals surface area contributed by atoms with Crippen LogP contribution in [0.1, 0.15) is 13.8 Å². The molecule has 0 amide bonds. The molecule has 6 nitrogen and oxygen atoms in total. The van der Waals surface area contributed by atoms with Crippen LogP contribution in [0.3, 0.4) is 0 Å². The van der Waals surface area contributed by atoms with Gasteiger partial charge in [-0.15, -0.1) is 0 Å². The molecular weight excluding hydrogens is 202 g/mol. The van der Waals surface area contributed by atoms with Crippen LogP contribution in [-0.2, 0) is 4.74 Å². The Morgan fingerprint density at radius 2 is 1.80 bits per heavy atom. The highest BCUT2D eigenvalue weighted by Gasteiger charge is 2.43. The monoisotopic (exact) mass is 221 g/mol. The zero-order valence-electron chi connectivity index (χ0n) is 8.87. The van der Waals surface area contributed by atoms with Crippen LogP contribution in [0.5, 0.6) is 0 Å². The zero-order chi connectivity index (χ0) is 11.6. The van der Waals surface area contributed by atoms with Gasteiger partial charge in [0.2, 0.25) is 0 Å². The molecule has 1 aliphatic heterocycles. The van der Waals surface area contributed by atoms with Gasteiger partial charge in [0.25, 0.3) is 0 Å². The number of aliphatic hydroxyl groups excluding tert-OH is 4. The second-order valence-corrected chi connectivity index (χ2v) is 4.08. The van der Waals surface area contributed by atoms with Crippen LogP contribution in [0, 0.1) is 0 Å². The van der Waals surface area contributed by atoms with Crippen molar-refractivity contribution in [3.8, 4) is 0 Å². The summed E-state index contributed by atoms with van der Waals surface area (Å²) in [6.07, 6.45) is -4.54. The Kier molecular flexibility index (Phi) is 4.45. The first-order valence-corrected chi connectivity index (χ1v) is 5.04. The normalized spacial score (nSPS) is 42.2. The van der Waals surface area contributed by atoms with Crippen molar-refractivity contribution in [2.75, 3.05) is 6.61 Å². The molecule has 0 aromatic rings. The molecule has 1 saturated heterocycles. The zero-order valence-corrected chi connectivity index (χ0v) is 8.87. The fraction of sp³-hybridized carbons (Fsp3) is 1.00. The van der Waals surface area contributed by atoms with Crippen LogP contribution in [0.25, 0.3) is 0 Å². The minimum atomic E-state index is -1.23. The lowest BCUT2D eigenvalue weighted by atomic mass is 9.96. The topological polar surface area (TPSA) is 102 Å². The Bertz CT molecular complexity index is 201. The molecule has 0 saturated carbocycles. The van der Waals surface area contributed by atoms with E-state index in [0.29, 0.717) is 0 Å². The summed E-state index contributed by atoms with van der Waals surface area (Å²) in [5.74, 6) is 0. The van der Waals surface area contributed by atoms with E-state index < -0.39 is 37.3 Å². The van der Waals surface area contributed by atoms with E-state index in [1.165, 1.54) is 0 Å². The van der Waals surface area contributed by atoms with Crippen molar-refractivity contribution < 1.29 is 25.2 Å². The predicted octanol–water partition coefficient (Wildman–Crippen LogP) is -2.22. The third-order valence-electron chi connectivity index (χ3n) is 2.43. The number of hydrogen-bond donors (Lipinski definition) is 5. The SMILES string of the molecule is CC(C)NC1C(O)OC(CO)C(O)C1O. The number of ether oxygens (including phenoxy) is 1. The summed E-state index contributed by atoms with van der Waals surface area (Å²) >= 11 is 0. The molecule has 5 unspecified atom stereocenters. The van der Waals surface area contributed by atoms with Crippen LogP contribution >= 0.6 is 0 Å². The quantitative estimate of drug-likeness (QED) is 0.370. The third kappa shape index (κ3) is 2.87. The number of nitrogens with one attached hydrogen (secondary N) is 1. The van der Waals surface area contributed by atoms with Crippen LogP contribution < -0.4 is 5.32 Å². The first-order valence-electron chi connectivity index (χ1n) is 5.04. The van der Waals surface area contributed by atoms with Gasteiger partial charge in [-0.3, -0.25) is 0 Å². The van der Waals surface area contributed by atoms with Crippen molar-refractivity contribution >= 4 is 0 Å². The molecule has 0 aliphatic carbocycles. The number of rotatable bonds is 3. The molecule has 1 heterocycles. The van der Waals surface area contributed by atoms with Gasteiger partial charge in [-0.05, 0) is 0 Å². The van der Waals surface area contributed by atoms with Gasteiger partial charge < -0.3 is 30.5 Å². The van der Waals surface area contributed by atoms with Gasteiger partial charge in [0.1, 0.15) is 18.3 Å². The summed E-state index contributed by atoms with van der Waals surface area (Å²) in [7, 11) is 0. The standard InChI is InChI=1S/C9H19NO5/c1-4(2)10-6-8(13)7(12)5(3-11)15-9(6)14/h4-14H,3H2,1-2H3. The summed E-state index contributed by atoms with van der Waals surface area (Å²) in [6, 6.07) is -0.705. The number of hydrogen-bond acceptors (Lipinski definition) is 6. The number of aliphatic hydroxyl groups is 4. The first-order chi connectivity index (χ1) is 6.97. The lowest BCUT2D eigenvalue weighted by molar-refractivity contribution is -0.255. The minimum absolute atomic E-state index is 0.0424. The van der Waals surface area contributed by atoms with Crippen LogP contribution in [0.2, 0.25) is 0 Å². The van der Waals surface area contributed by atoms with Gasteiger partial charge in [-0.2, -0.15) is 0 Å². The fourth-order valence-corrected chi connectivity index (χ4v) is 1.66. The molecule has 0 aromatic heterocycles. The van der Waals surface area contributed by atoms with Crippen molar-refractivity contribution in [1.29, 1.82) is 0 Å². The van der Waals surface area contributed by atoms with Gasteiger partial charge in [0.15, 0.2) is 6.29 Å². The lowest BCUT2D eigenvalue weighted by Gasteiger charge is -2.41. The molecule has 1 fully saturated rings. The van der Waals surface area contributed by atoms with Crippen molar-refractivity contribution in [2.45, 2.75) is 50.5 Å². The molecule has 6 heteroatoms. The van der Waals surface area contributed by atoms with E-state index in [2.05, 4.69) is 5.32 Å². The van der Waals surface area contributed by atoms with E-state index in [1.807, 2.05) is 13.8 Å². The molecule has 0 aromatic carbocycles. The average Bonchev–Trinajstić information content (AvgIpc) is 2.18. The molecule has 1 rings (SSSR count). The molecule has 0 bridgehead atoms. The largest absolute Gasteiger partial charge is 0.394 e. The van der Waals surface area contributed by atoms with Gasteiger partial charge in [-0.1, -0.05) is 13.8 Å². The molecule has 0 radical (unpaired) electrons. The smallest absolute Gasteiger partial charge is 0.173 e. The summed E-state index contributed by atoms with van der Waals surface area (Å²) in [6.45, 7) is 3.26. The lowest BCUT2D eigenvalue weighted by Crippen LogP contribution is -2.64. The molecular formula is C9H19NO5. The van der Waals surface area contributed by atoms with Crippen molar-refractivity contribution in [3.63, 3.8) is 0 Å². The van der Waals surface area contributed by atoms with E-state index in [4.69, 9.17) is 9.84 Å².